The Morgan fingerprint density at radius 3 is 2.74 bits per heavy atom. The van der Waals surface area contributed by atoms with E-state index in [-0.39, 0.29) is 11.7 Å². The van der Waals surface area contributed by atoms with Gasteiger partial charge in [-0.15, -0.1) is 10.2 Å². The van der Waals surface area contributed by atoms with Crippen molar-refractivity contribution in [3.05, 3.63) is 78.6 Å². The fourth-order valence-electron chi connectivity index (χ4n) is 3.06. The van der Waals surface area contributed by atoms with E-state index in [2.05, 4.69) is 20.5 Å². The molecule has 1 N–H and O–H groups in total. The number of rotatable bonds is 7. The molecule has 2 heterocycles. The number of methoxy groups -OCH3 is 1. The number of hydrogen-bond acceptors (Lipinski definition) is 6. The van der Waals surface area contributed by atoms with Gasteiger partial charge in [0.1, 0.15) is 5.75 Å². The summed E-state index contributed by atoms with van der Waals surface area (Å²) < 4.78 is 7.28. The fourth-order valence-corrected chi connectivity index (χ4v) is 3.81. The summed E-state index contributed by atoms with van der Waals surface area (Å²) in [7, 11) is 1.62. The van der Waals surface area contributed by atoms with Crippen LogP contribution in [-0.2, 0) is 4.79 Å². The summed E-state index contributed by atoms with van der Waals surface area (Å²) in [5, 5.41) is 12.3. The first-order valence-electron chi connectivity index (χ1n) is 9.64. The van der Waals surface area contributed by atoms with Gasteiger partial charge in [0, 0.05) is 29.7 Å². The number of anilines is 1. The van der Waals surface area contributed by atoms with E-state index in [1.54, 1.807) is 19.5 Å². The molecule has 0 spiro atoms. The molecule has 0 atom stereocenters. The van der Waals surface area contributed by atoms with Crippen LogP contribution < -0.4 is 10.1 Å². The van der Waals surface area contributed by atoms with Crippen LogP contribution in [0.2, 0.25) is 0 Å². The molecule has 7 nitrogen and oxygen atoms in total. The lowest BCUT2D eigenvalue weighted by Crippen LogP contribution is -2.15. The lowest BCUT2D eigenvalue weighted by atomic mass is 10.2. The van der Waals surface area contributed by atoms with Crippen molar-refractivity contribution in [1.29, 1.82) is 0 Å². The van der Waals surface area contributed by atoms with Crippen LogP contribution in [0.3, 0.4) is 0 Å². The van der Waals surface area contributed by atoms with Crippen molar-refractivity contribution in [3.63, 3.8) is 0 Å². The third-order valence-electron chi connectivity index (χ3n) is 4.62. The number of hydrogen-bond donors (Lipinski definition) is 1. The highest BCUT2D eigenvalue weighted by atomic mass is 32.2. The number of nitrogens with one attached hydrogen (secondary N) is 1. The second kappa shape index (κ2) is 9.44. The molecule has 0 bridgehead atoms. The summed E-state index contributed by atoms with van der Waals surface area (Å²) in [5.41, 5.74) is 3.48. The van der Waals surface area contributed by atoms with Crippen molar-refractivity contribution in [2.45, 2.75) is 12.1 Å². The van der Waals surface area contributed by atoms with Gasteiger partial charge < -0.3 is 10.1 Å². The molecular weight excluding hydrogens is 410 g/mol. The summed E-state index contributed by atoms with van der Waals surface area (Å²) in [5.74, 6) is 1.45. The van der Waals surface area contributed by atoms with Gasteiger partial charge in [-0.1, -0.05) is 36.0 Å². The van der Waals surface area contributed by atoms with Crippen LogP contribution in [0.5, 0.6) is 5.75 Å². The molecule has 0 saturated heterocycles. The molecule has 156 valence electrons. The second-order valence-corrected chi connectivity index (χ2v) is 7.68. The van der Waals surface area contributed by atoms with Gasteiger partial charge in [-0.25, -0.2) is 0 Å². The minimum atomic E-state index is -0.109. The number of ether oxygens (including phenoxy) is 1. The summed E-state index contributed by atoms with van der Waals surface area (Å²) in [6.45, 7) is 1.96. The maximum absolute atomic E-state index is 12.5. The number of carbonyl (C=O) groups excluding carboxylic acids is 1. The first-order chi connectivity index (χ1) is 15.2. The topological polar surface area (TPSA) is 81.9 Å². The van der Waals surface area contributed by atoms with Gasteiger partial charge in [-0.05, 0) is 42.8 Å². The molecule has 2 aromatic carbocycles. The lowest BCUT2D eigenvalue weighted by Gasteiger charge is -2.12. The van der Waals surface area contributed by atoms with Gasteiger partial charge in [0.05, 0.1) is 18.6 Å². The van der Waals surface area contributed by atoms with Gasteiger partial charge >= 0.3 is 0 Å². The Morgan fingerprint density at radius 1 is 1.10 bits per heavy atom. The van der Waals surface area contributed by atoms with E-state index in [1.165, 1.54) is 11.8 Å². The van der Waals surface area contributed by atoms with E-state index in [0.29, 0.717) is 11.0 Å². The van der Waals surface area contributed by atoms with Gasteiger partial charge in [0.2, 0.25) is 5.91 Å². The summed E-state index contributed by atoms with van der Waals surface area (Å²) >= 11 is 1.32. The number of nitrogens with zero attached hydrogens (tertiary/aromatic N) is 4. The van der Waals surface area contributed by atoms with Crippen LogP contribution in [0.25, 0.3) is 17.1 Å². The van der Waals surface area contributed by atoms with Crippen molar-refractivity contribution in [1.82, 2.24) is 19.7 Å². The Labute approximate surface area is 184 Å². The number of carbonyl (C=O) groups is 1. The van der Waals surface area contributed by atoms with Crippen LogP contribution in [-0.4, -0.2) is 38.5 Å². The van der Waals surface area contributed by atoms with E-state index < -0.39 is 0 Å². The van der Waals surface area contributed by atoms with Crippen molar-refractivity contribution in [3.8, 4) is 22.8 Å². The first-order valence-corrected chi connectivity index (χ1v) is 10.6. The molecule has 1 amide bonds. The van der Waals surface area contributed by atoms with E-state index in [0.717, 1.165) is 28.3 Å². The Hall–Kier alpha value is -3.65. The largest absolute Gasteiger partial charge is 0.497 e. The molecule has 4 aromatic rings. The summed E-state index contributed by atoms with van der Waals surface area (Å²) in [4.78, 5) is 16.7. The number of amides is 1. The fraction of sp³-hybridized carbons (Fsp3) is 0.130. The molecule has 0 radical (unpaired) electrons. The molecule has 0 aliphatic rings. The summed E-state index contributed by atoms with van der Waals surface area (Å²) in [6.07, 6.45) is 3.45. The molecule has 0 aliphatic heterocycles. The Balaban J connectivity index is 1.62. The molecule has 2 aromatic heterocycles. The maximum Gasteiger partial charge on any atom is 0.234 e. The molecule has 0 fully saturated rings. The van der Waals surface area contributed by atoms with Gasteiger partial charge in [0.25, 0.3) is 0 Å². The average molecular weight is 432 g/mol. The average Bonchev–Trinajstić information content (AvgIpc) is 3.24. The minimum Gasteiger partial charge on any atom is -0.497 e. The molecular formula is C23H21N5O2S. The van der Waals surface area contributed by atoms with E-state index in [4.69, 9.17) is 4.74 Å². The van der Waals surface area contributed by atoms with Crippen molar-refractivity contribution < 1.29 is 9.53 Å². The molecule has 4 rings (SSSR count). The van der Waals surface area contributed by atoms with Crippen molar-refractivity contribution >= 4 is 23.4 Å². The molecule has 31 heavy (non-hydrogen) atoms. The lowest BCUT2D eigenvalue weighted by molar-refractivity contribution is -0.113. The Bertz CT molecular complexity index is 1190. The number of aromatic nitrogens is 4. The van der Waals surface area contributed by atoms with Gasteiger partial charge in [0.15, 0.2) is 11.0 Å². The number of aryl methyl sites for hydroxylation is 1. The van der Waals surface area contributed by atoms with Crippen molar-refractivity contribution in [2.75, 3.05) is 18.2 Å². The third kappa shape index (κ3) is 4.75. The molecule has 0 aliphatic carbocycles. The molecule has 0 unspecified atom stereocenters. The predicted molar refractivity (Wildman–Crippen MR) is 122 cm³/mol. The Kier molecular flexibility index (Phi) is 6.28. The van der Waals surface area contributed by atoms with E-state index in [9.17, 15) is 4.79 Å². The highest BCUT2D eigenvalue weighted by Gasteiger charge is 2.18. The maximum atomic E-state index is 12.5. The zero-order chi connectivity index (χ0) is 21.6. The number of benzene rings is 2. The second-order valence-electron chi connectivity index (χ2n) is 6.74. The quantitative estimate of drug-likeness (QED) is 0.438. The molecule has 0 saturated carbocycles. The van der Waals surface area contributed by atoms with Crippen LogP contribution in [0.4, 0.5) is 5.69 Å². The van der Waals surface area contributed by atoms with Crippen molar-refractivity contribution in [2.24, 2.45) is 0 Å². The van der Waals surface area contributed by atoms with Crippen LogP contribution in [0.15, 0.2) is 78.2 Å². The van der Waals surface area contributed by atoms with Crippen LogP contribution >= 0.6 is 11.8 Å². The smallest absolute Gasteiger partial charge is 0.234 e. The number of pyridine rings is 1. The van der Waals surface area contributed by atoms with Crippen LogP contribution in [0.1, 0.15) is 5.56 Å². The molecule has 8 heteroatoms. The zero-order valence-corrected chi connectivity index (χ0v) is 18.0. The van der Waals surface area contributed by atoms with E-state index in [1.807, 2.05) is 72.2 Å². The predicted octanol–water partition coefficient (Wildman–Crippen LogP) is 4.38. The minimum absolute atomic E-state index is 0.109. The monoisotopic (exact) mass is 431 g/mol. The number of thioether (sulfide) groups is 1. The van der Waals surface area contributed by atoms with Gasteiger partial charge in [-0.3, -0.25) is 14.3 Å². The number of para-hydroxylation sites is 1. The normalized spacial score (nSPS) is 10.6. The van der Waals surface area contributed by atoms with Gasteiger partial charge in [-0.2, -0.15) is 0 Å². The summed E-state index contributed by atoms with van der Waals surface area (Å²) in [6, 6.07) is 19.1. The highest BCUT2D eigenvalue weighted by molar-refractivity contribution is 7.99. The van der Waals surface area contributed by atoms with E-state index >= 15 is 0 Å². The third-order valence-corrected chi connectivity index (χ3v) is 5.55. The highest BCUT2D eigenvalue weighted by Crippen LogP contribution is 2.29. The SMILES string of the molecule is COc1cccc(-n2c(SCC(=O)Nc3ccccc3C)nnc2-c2cccnc2)c1. The first kappa shape index (κ1) is 20.6. The van der Waals surface area contributed by atoms with Crippen LogP contribution in [0, 0.1) is 6.92 Å². The Morgan fingerprint density at radius 2 is 1.97 bits per heavy atom. The standard InChI is InChI=1S/C23H21N5O2S/c1-16-7-3-4-11-20(16)25-21(29)15-31-23-27-26-22(17-8-6-12-24-14-17)28(23)18-9-5-10-19(13-18)30-2/h3-14H,15H2,1-2H3,(H,25,29). The zero-order valence-electron chi connectivity index (χ0n) is 17.1.